The van der Waals surface area contributed by atoms with Crippen molar-refractivity contribution in [3.05, 3.63) is 58.8 Å². The Labute approximate surface area is 184 Å². The lowest BCUT2D eigenvalue weighted by molar-refractivity contribution is -0.107. The monoisotopic (exact) mass is 427 g/mol. The van der Waals surface area contributed by atoms with Gasteiger partial charge in [-0.05, 0) is 50.2 Å². The molecule has 1 N–H and O–H groups in total. The number of aryl methyl sites for hydroxylation is 2. The molecule has 1 aliphatic heterocycles. The molecule has 1 aromatic carbocycles. The van der Waals surface area contributed by atoms with Crippen LogP contribution in [0.25, 0.3) is 5.70 Å². The molecule has 0 unspecified atom stereocenters. The Morgan fingerprint density at radius 3 is 2.60 bits per heavy atom. The third kappa shape index (κ3) is 4.94. The van der Waals surface area contributed by atoms with Gasteiger partial charge in [-0.25, -0.2) is 4.98 Å². The molecule has 1 fully saturated rings. The second kappa shape index (κ2) is 9.96. The summed E-state index contributed by atoms with van der Waals surface area (Å²) < 4.78 is 0. The number of carbonyl (C=O) groups is 1. The number of likely N-dealkylation sites (N-methyl/N-ethyl adjacent to an activating group) is 1. The maximum atomic E-state index is 11.4. The number of benzene rings is 1. The normalized spacial score (nSPS) is 14.0. The molecule has 0 spiro atoms. The van der Waals surface area contributed by atoms with E-state index in [-0.39, 0.29) is 0 Å². The SMILES string of the molecule is C=C(c1ccc(N(C=O)CCNC)cc1Cl)N1CCN(c2ncc(C)cc2C)CC1. The Morgan fingerprint density at radius 2 is 2.00 bits per heavy atom. The average Bonchev–Trinajstić information content (AvgIpc) is 2.74. The van der Waals surface area contributed by atoms with Gasteiger partial charge in [-0.3, -0.25) is 4.79 Å². The van der Waals surface area contributed by atoms with E-state index in [1.54, 1.807) is 4.90 Å². The van der Waals surface area contributed by atoms with E-state index in [1.807, 2.05) is 31.4 Å². The van der Waals surface area contributed by atoms with Gasteiger partial charge in [0.25, 0.3) is 0 Å². The fourth-order valence-corrected chi connectivity index (χ4v) is 4.07. The predicted octanol–water partition coefficient (Wildman–Crippen LogP) is 3.33. The van der Waals surface area contributed by atoms with Gasteiger partial charge < -0.3 is 20.0 Å². The zero-order chi connectivity index (χ0) is 21.7. The second-order valence-electron chi connectivity index (χ2n) is 7.64. The molecule has 1 saturated heterocycles. The third-order valence-electron chi connectivity index (χ3n) is 5.47. The highest BCUT2D eigenvalue weighted by molar-refractivity contribution is 6.32. The molecule has 1 aliphatic rings. The van der Waals surface area contributed by atoms with E-state index in [4.69, 9.17) is 11.6 Å². The lowest BCUT2D eigenvalue weighted by atomic mass is 10.1. The molecule has 2 heterocycles. The van der Waals surface area contributed by atoms with Crippen molar-refractivity contribution in [2.75, 3.05) is 56.1 Å². The van der Waals surface area contributed by atoms with Crippen LogP contribution in [0.2, 0.25) is 5.02 Å². The molecule has 3 rings (SSSR count). The van der Waals surface area contributed by atoms with Gasteiger partial charge in [0.15, 0.2) is 0 Å². The summed E-state index contributed by atoms with van der Waals surface area (Å²) in [6.45, 7) is 13.3. The first kappa shape index (κ1) is 22.1. The molecule has 0 aliphatic carbocycles. The van der Waals surface area contributed by atoms with E-state index in [0.717, 1.165) is 55.4 Å². The van der Waals surface area contributed by atoms with Gasteiger partial charge in [0, 0.05) is 62.4 Å². The number of nitrogens with zero attached hydrogens (tertiary/aromatic N) is 4. The number of rotatable bonds is 8. The molecule has 2 aromatic rings. The number of anilines is 2. The summed E-state index contributed by atoms with van der Waals surface area (Å²) in [4.78, 5) is 22.3. The van der Waals surface area contributed by atoms with Crippen molar-refractivity contribution < 1.29 is 4.79 Å². The summed E-state index contributed by atoms with van der Waals surface area (Å²) in [5.41, 5.74) is 4.98. The first-order valence-electron chi connectivity index (χ1n) is 10.2. The lowest BCUT2D eigenvalue weighted by Crippen LogP contribution is -2.46. The molecule has 1 aromatic heterocycles. The number of aromatic nitrogens is 1. The van der Waals surface area contributed by atoms with Crippen molar-refractivity contribution >= 4 is 35.2 Å². The Bertz CT molecular complexity index is 908. The van der Waals surface area contributed by atoms with Crippen molar-refractivity contribution in [2.45, 2.75) is 13.8 Å². The topological polar surface area (TPSA) is 51.7 Å². The number of hydrogen-bond acceptors (Lipinski definition) is 5. The molecule has 0 atom stereocenters. The van der Waals surface area contributed by atoms with Crippen LogP contribution in [-0.2, 0) is 4.79 Å². The second-order valence-corrected chi connectivity index (χ2v) is 8.05. The minimum atomic E-state index is 0.588. The first-order valence-corrected chi connectivity index (χ1v) is 10.6. The fourth-order valence-electron chi connectivity index (χ4n) is 3.79. The van der Waals surface area contributed by atoms with E-state index >= 15 is 0 Å². The highest BCUT2D eigenvalue weighted by Gasteiger charge is 2.22. The molecule has 7 heteroatoms. The van der Waals surface area contributed by atoms with E-state index < -0.39 is 0 Å². The molecule has 1 amide bonds. The van der Waals surface area contributed by atoms with Gasteiger partial charge >= 0.3 is 0 Å². The number of amides is 1. The Hall–Kier alpha value is -2.57. The van der Waals surface area contributed by atoms with Gasteiger partial charge in [0.2, 0.25) is 6.41 Å². The van der Waals surface area contributed by atoms with Gasteiger partial charge in [0.1, 0.15) is 5.82 Å². The Morgan fingerprint density at radius 1 is 1.27 bits per heavy atom. The minimum absolute atomic E-state index is 0.588. The van der Waals surface area contributed by atoms with Crippen molar-refractivity contribution in [3.8, 4) is 0 Å². The van der Waals surface area contributed by atoms with E-state index in [0.29, 0.717) is 18.1 Å². The van der Waals surface area contributed by atoms with Crippen LogP contribution >= 0.6 is 11.6 Å². The molecule has 30 heavy (non-hydrogen) atoms. The van der Waals surface area contributed by atoms with Crippen molar-refractivity contribution in [1.29, 1.82) is 0 Å². The number of carbonyl (C=O) groups excluding carboxylic acids is 1. The van der Waals surface area contributed by atoms with Crippen LogP contribution in [0.4, 0.5) is 11.5 Å². The highest BCUT2D eigenvalue weighted by atomic mass is 35.5. The molecule has 0 saturated carbocycles. The summed E-state index contributed by atoms with van der Waals surface area (Å²) in [6.07, 6.45) is 2.76. The van der Waals surface area contributed by atoms with Crippen LogP contribution in [0.5, 0.6) is 0 Å². The number of nitrogens with one attached hydrogen (secondary N) is 1. The number of piperazine rings is 1. The maximum absolute atomic E-state index is 11.4. The largest absolute Gasteiger partial charge is 0.368 e. The Kier molecular flexibility index (Phi) is 7.34. The quantitative estimate of drug-likeness (QED) is 0.655. The van der Waals surface area contributed by atoms with Crippen LogP contribution in [0.1, 0.15) is 16.7 Å². The van der Waals surface area contributed by atoms with Crippen molar-refractivity contribution in [1.82, 2.24) is 15.2 Å². The van der Waals surface area contributed by atoms with Crippen LogP contribution in [0.15, 0.2) is 37.0 Å². The molecule has 0 bridgehead atoms. The van der Waals surface area contributed by atoms with Crippen molar-refractivity contribution in [2.24, 2.45) is 0 Å². The predicted molar refractivity (Wildman–Crippen MR) is 125 cm³/mol. The van der Waals surface area contributed by atoms with Crippen molar-refractivity contribution in [3.63, 3.8) is 0 Å². The number of halogens is 1. The molecular formula is C23H30ClN5O. The first-order chi connectivity index (χ1) is 14.4. The highest BCUT2D eigenvalue weighted by Crippen LogP contribution is 2.30. The standard InChI is InChI=1S/C23H30ClN5O/c1-17-13-18(2)23(26-15-17)28-11-9-27(10-12-28)19(3)21-6-5-20(14-22(21)24)29(16-30)8-7-25-4/h5-6,13-16,25H,3,7-12H2,1-2,4H3. The van der Waals surface area contributed by atoms with Gasteiger partial charge in [-0.1, -0.05) is 24.2 Å². The summed E-state index contributed by atoms with van der Waals surface area (Å²) in [6, 6.07) is 7.89. The number of hydrogen-bond donors (Lipinski definition) is 1. The van der Waals surface area contributed by atoms with Gasteiger partial charge in [-0.2, -0.15) is 0 Å². The molecule has 0 radical (unpaired) electrons. The zero-order valence-electron chi connectivity index (χ0n) is 18.0. The minimum Gasteiger partial charge on any atom is -0.368 e. The summed E-state index contributed by atoms with van der Waals surface area (Å²) in [7, 11) is 1.86. The Balaban J connectivity index is 1.66. The molecule has 6 nitrogen and oxygen atoms in total. The molecular weight excluding hydrogens is 398 g/mol. The van der Waals surface area contributed by atoms with Crippen LogP contribution in [0.3, 0.4) is 0 Å². The zero-order valence-corrected chi connectivity index (χ0v) is 18.7. The van der Waals surface area contributed by atoms with Crippen LogP contribution in [0, 0.1) is 13.8 Å². The van der Waals surface area contributed by atoms with Gasteiger partial charge in [-0.15, -0.1) is 0 Å². The molecule has 160 valence electrons. The third-order valence-corrected chi connectivity index (χ3v) is 5.79. The van der Waals surface area contributed by atoms with E-state index in [9.17, 15) is 4.79 Å². The summed E-state index contributed by atoms with van der Waals surface area (Å²) >= 11 is 6.57. The summed E-state index contributed by atoms with van der Waals surface area (Å²) in [5, 5.41) is 3.65. The fraction of sp³-hybridized carbons (Fsp3) is 0.391. The smallest absolute Gasteiger partial charge is 0.214 e. The van der Waals surface area contributed by atoms with Crippen LogP contribution in [-0.4, -0.2) is 62.6 Å². The van der Waals surface area contributed by atoms with Crippen LogP contribution < -0.4 is 15.1 Å². The maximum Gasteiger partial charge on any atom is 0.214 e. The average molecular weight is 428 g/mol. The van der Waals surface area contributed by atoms with E-state index in [2.05, 4.69) is 46.6 Å². The van der Waals surface area contributed by atoms with Gasteiger partial charge in [0.05, 0.1) is 5.02 Å². The number of pyridine rings is 1. The van der Waals surface area contributed by atoms with E-state index in [1.165, 1.54) is 11.1 Å². The summed E-state index contributed by atoms with van der Waals surface area (Å²) in [5.74, 6) is 1.06. The lowest BCUT2D eigenvalue weighted by Gasteiger charge is -2.38.